The van der Waals surface area contributed by atoms with Crippen LogP contribution in [0.3, 0.4) is 0 Å². The minimum absolute atomic E-state index is 0.128. The zero-order valence-electron chi connectivity index (χ0n) is 13.4. The summed E-state index contributed by atoms with van der Waals surface area (Å²) >= 11 is 5.33. The average Bonchev–Trinajstić information content (AvgIpc) is 2.78. The fourth-order valence-electron chi connectivity index (χ4n) is 2.13. The van der Waals surface area contributed by atoms with E-state index in [1.54, 1.807) is 0 Å². The predicted molar refractivity (Wildman–Crippen MR) is 96.0 cm³/mol. The first-order valence-corrected chi connectivity index (χ1v) is 8.91. The van der Waals surface area contributed by atoms with Crippen molar-refractivity contribution in [1.82, 2.24) is 10.3 Å². The fourth-order valence-corrected chi connectivity index (χ4v) is 3.78. The number of hydrogen-bond acceptors (Lipinski definition) is 3. The van der Waals surface area contributed by atoms with E-state index in [2.05, 4.69) is 74.1 Å². The molecule has 0 aliphatic carbocycles. The van der Waals surface area contributed by atoms with Gasteiger partial charge in [0.05, 0.1) is 5.69 Å². The Kier molecular flexibility index (Phi) is 5.23. The zero-order valence-corrected chi connectivity index (χ0v) is 15.8. The average molecular weight is 367 g/mol. The third-order valence-corrected chi connectivity index (χ3v) is 4.94. The van der Waals surface area contributed by atoms with Gasteiger partial charge in [0, 0.05) is 27.0 Å². The van der Waals surface area contributed by atoms with Crippen molar-refractivity contribution in [3.8, 4) is 10.6 Å². The van der Waals surface area contributed by atoms with Crippen molar-refractivity contribution in [2.24, 2.45) is 0 Å². The van der Waals surface area contributed by atoms with Crippen molar-refractivity contribution < 1.29 is 0 Å². The van der Waals surface area contributed by atoms with Crippen molar-refractivity contribution in [3.05, 3.63) is 38.8 Å². The van der Waals surface area contributed by atoms with E-state index in [-0.39, 0.29) is 5.54 Å². The van der Waals surface area contributed by atoms with Crippen molar-refractivity contribution in [3.63, 3.8) is 0 Å². The first-order valence-electron chi connectivity index (χ1n) is 7.30. The van der Waals surface area contributed by atoms with Gasteiger partial charge in [-0.3, -0.25) is 0 Å². The number of benzene rings is 1. The Morgan fingerprint density at radius 3 is 2.57 bits per heavy atom. The highest BCUT2D eigenvalue weighted by atomic mass is 79.9. The number of thiazole rings is 1. The number of aromatic nitrogens is 1. The van der Waals surface area contributed by atoms with E-state index in [1.165, 1.54) is 21.7 Å². The molecule has 0 saturated heterocycles. The molecule has 0 atom stereocenters. The molecule has 0 saturated carbocycles. The standard InChI is InChI=1S/C17H23BrN2S/c1-6-14-15(10-19-17(3,4)5)21-16(20-14)13-8-7-12(18)9-11(13)2/h7-9,19H,6,10H2,1-5H3. The minimum atomic E-state index is 0.128. The van der Waals surface area contributed by atoms with Gasteiger partial charge in [0.1, 0.15) is 5.01 Å². The Morgan fingerprint density at radius 1 is 1.29 bits per heavy atom. The lowest BCUT2D eigenvalue weighted by atomic mass is 10.1. The van der Waals surface area contributed by atoms with Gasteiger partial charge in [-0.05, 0) is 51.8 Å². The van der Waals surface area contributed by atoms with Gasteiger partial charge in [-0.1, -0.05) is 28.9 Å². The molecule has 1 aromatic heterocycles. The molecule has 0 aliphatic rings. The van der Waals surface area contributed by atoms with E-state index in [4.69, 9.17) is 4.98 Å². The number of hydrogen-bond donors (Lipinski definition) is 1. The molecule has 0 unspecified atom stereocenters. The Morgan fingerprint density at radius 2 is 2.00 bits per heavy atom. The van der Waals surface area contributed by atoms with Crippen LogP contribution in [0.1, 0.15) is 43.8 Å². The van der Waals surface area contributed by atoms with Crippen LogP contribution in [0.25, 0.3) is 10.6 Å². The van der Waals surface area contributed by atoms with Crippen LogP contribution < -0.4 is 5.32 Å². The largest absolute Gasteiger partial charge is 0.307 e. The van der Waals surface area contributed by atoms with Crippen LogP contribution in [0.2, 0.25) is 0 Å². The molecular formula is C17H23BrN2S. The lowest BCUT2D eigenvalue weighted by Crippen LogP contribution is -2.35. The van der Waals surface area contributed by atoms with Crippen LogP contribution in [0.4, 0.5) is 0 Å². The molecule has 0 bridgehead atoms. The molecule has 1 aromatic carbocycles. The van der Waals surface area contributed by atoms with Crippen LogP contribution in [-0.2, 0) is 13.0 Å². The third kappa shape index (κ3) is 4.38. The van der Waals surface area contributed by atoms with Crippen molar-refractivity contribution in [2.75, 3.05) is 0 Å². The monoisotopic (exact) mass is 366 g/mol. The highest BCUT2D eigenvalue weighted by molar-refractivity contribution is 9.10. The summed E-state index contributed by atoms with van der Waals surface area (Å²) in [6.45, 7) is 11.8. The molecular weight excluding hydrogens is 344 g/mol. The lowest BCUT2D eigenvalue weighted by molar-refractivity contribution is 0.425. The highest BCUT2D eigenvalue weighted by Gasteiger charge is 2.15. The molecule has 2 rings (SSSR count). The van der Waals surface area contributed by atoms with E-state index in [0.717, 1.165) is 22.4 Å². The molecule has 0 spiro atoms. The van der Waals surface area contributed by atoms with Crippen LogP contribution in [0, 0.1) is 6.92 Å². The number of halogens is 1. The molecule has 0 amide bonds. The molecule has 4 heteroatoms. The maximum Gasteiger partial charge on any atom is 0.124 e. The van der Waals surface area contributed by atoms with E-state index < -0.39 is 0 Å². The molecule has 21 heavy (non-hydrogen) atoms. The highest BCUT2D eigenvalue weighted by Crippen LogP contribution is 2.32. The Bertz CT molecular complexity index is 626. The van der Waals surface area contributed by atoms with Crippen LogP contribution in [0.15, 0.2) is 22.7 Å². The van der Waals surface area contributed by atoms with Gasteiger partial charge < -0.3 is 5.32 Å². The summed E-state index contributed by atoms with van der Waals surface area (Å²) < 4.78 is 1.12. The molecule has 114 valence electrons. The first-order chi connectivity index (χ1) is 9.80. The molecule has 0 radical (unpaired) electrons. The smallest absolute Gasteiger partial charge is 0.124 e. The normalized spacial score (nSPS) is 11.9. The van der Waals surface area contributed by atoms with Gasteiger partial charge in [0.25, 0.3) is 0 Å². The molecule has 1 N–H and O–H groups in total. The summed E-state index contributed by atoms with van der Waals surface area (Å²) in [5.74, 6) is 0. The van der Waals surface area contributed by atoms with Crippen molar-refractivity contribution in [2.45, 2.75) is 53.1 Å². The number of nitrogens with zero attached hydrogens (tertiary/aromatic N) is 1. The number of rotatable bonds is 4. The van der Waals surface area contributed by atoms with E-state index >= 15 is 0 Å². The molecule has 2 nitrogen and oxygen atoms in total. The summed E-state index contributed by atoms with van der Waals surface area (Å²) in [7, 11) is 0. The molecule has 2 aromatic rings. The van der Waals surface area contributed by atoms with Gasteiger partial charge in [-0.15, -0.1) is 11.3 Å². The van der Waals surface area contributed by atoms with Gasteiger partial charge in [0.2, 0.25) is 0 Å². The Balaban J connectivity index is 2.31. The zero-order chi connectivity index (χ0) is 15.6. The first kappa shape index (κ1) is 16.7. The summed E-state index contributed by atoms with van der Waals surface area (Å²) in [5, 5.41) is 4.69. The van der Waals surface area contributed by atoms with Crippen molar-refractivity contribution >= 4 is 27.3 Å². The summed E-state index contributed by atoms with van der Waals surface area (Å²) in [6.07, 6.45) is 0.979. The van der Waals surface area contributed by atoms with Gasteiger partial charge in [-0.25, -0.2) is 4.98 Å². The van der Waals surface area contributed by atoms with Gasteiger partial charge in [-0.2, -0.15) is 0 Å². The summed E-state index contributed by atoms with van der Waals surface area (Å²) in [4.78, 5) is 6.20. The third-order valence-electron chi connectivity index (χ3n) is 3.31. The van der Waals surface area contributed by atoms with Crippen molar-refractivity contribution in [1.29, 1.82) is 0 Å². The Labute approximate surface area is 140 Å². The lowest BCUT2D eigenvalue weighted by Gasteiger charge is -2.20. The summed E-state index contributed by atoms with van der Waals surface area (Å²) in [6, 6.07) is 6.39. The number of aryl methyl sites for hydroxylation is 2. The van der Waals surface area contributed by atoms with Gasteiger partial charge in [0.15, 0.2) is 0 Å². The number of nitrogens with one attached hydrogen (secondary N) is 1. The van der Waals surface area contributed by atoms with E-state index in [9.17, 15) is 0 Å². The molecule has 1 heterocycles. The van der Waals surface area contributed by atoms with Crippen LogP contribution in [0.5, 0.6) is 0 Å². The topological polar surface area (TPSA) is 24.9 Å². The quantitative estimate of drug-likeness (QED) is 0.790. The van der Waals surface area contributed by atoms with E-state index in [1.807, 2.05) is 11.3 Å². The molecule has 0 aliphatic heterocycles. The second kappa shape index (κ2) is 6.59. The second-order valence-corrected chi connectivity index (χ2v) is 8.30. The second-order valence-electron chi connectivity index (χ2n) is 6.31. The maximum atomic E-state index is 4.85. The van der Waals surface area contributed by atoms with Crippen LogP contribution in [-0.4, -0.2) is 10.5 Å². The Hall–Kier alpha value is -0.710. The summed E-state index contributed by atoms with van der Waals surface area (Å²) in [5.41, 5.74) is 3.84. The van der Waals surface area contributed by atoms with Crippen LogP contribution >= 0.6 is 27.3 Å². The fraction of sp³-hybridized carbons (Fsp3) is 0.471. The van der Waals surface area contributed by atoms with E-state index in [0.29, 0.717) is 0 Å². The predicted octanol–water partition coefficient (Wildman–Crippen LogP) is 5.33. The molecule has 0 fully saturated rings. The maximum absolute atomic E-state index is 4.85. The van der Waals surface area contributed by atoms with Gasteiger partial charge >= 0.3 is 0 Å². The SMILES string of the molecule is CCc1nc(-c2ccc(Br)cc2C)sc1CNC(C)(C)C. The minimum Gasteiger partial charge on any atom is -0.307 e.